The number of hydrogen-bond acceptors (Lipinski definition) is 2. The van der Waals surface area contributed by atoms with Gasteiger partial charge in [-0.2, -0.15) is 0 Å². The number of hydrogen-bond donors (Lipinski definition) is 1. The Labute approximate surface area is 107 Å². The Hall–Kier alpha value is -2.03. The zero-order chi connectivity index (χ0) is 13.1. The summed E-state index contributed by atoms with van der Waals surface area (Å²) < 4.78 is 5.15. The van der Waals surface area contributed by atoms with Crippen molar-refractivity contribution in [3.05, 3.63) is 58.5 Å². The fourth-order valence-electron chi connectivity index (χ4n) is 1.91. The lowest BCUT2D eigenvalue weighted by Crippen LogP contribution is -2.23. The maximum absolute atomic E-state index is 11.9. The maximum atomic E-state index is 11.9. The normalized spacial score (nSPS) is 10.4. The maximum Gasteiger partial charge on any atom is 0.287 e. The van der Waals surface area contributed by atoms with Crippen LogP contribution in [0.2, 0.25) is 0 Å². The minimum atomic E-state index is -0.169. The van der Waals surface area contributed by atoms with Crippen LogP contribution in [0.3, 0.4) is 0 Å². The SMILES string of the molecule is Cc1ccc(CNC(=O)c2occc2C)c(C)c1. The first-order chi connectivity index (χ1) is 8.58. The quantitative estimate of drug-likeness (QED) is 0.899. The molecule has 2 rings (SSSR count). The Morgan fingerprint density at radius 3 is 2.56 bits per heavy atom. The molecule has 1 amide bonds. The highest BCUT2D eigenvalue weighted by Crippen LogP contribution is 2.12. The topological polar surface area (TPSA) is 42.2 Å². The summed E-state index contributed by atoms with van der Waals surface area (Å²) in [5.74, 6) is 0.220. The summed E-state index contributed by atoms with van der Waals surface area (Å²) in [7, 11) is 0. The minimum absolute atomic E-state index is 0.169. The number of benzene rings is 1. The van der Waals surface area contributed by atoms with E-state index < -0.39 is 0 Å². The number of furan rings is 1. The third-order valence-corrected chi connectivity index (χ3v) is 3.01. The first-order valence-electron chi connectivity index (χ1n) is 5.96. The van der Waals surface area contributed by atoms with E-state index in [9.17, 15) is 4.79 Å². The van der Waals surface area contributed by atoms with E-state index in [-0.39, 0.29) is 5.91 Å². The molecule has 0 fully saturated rings. The van der Waals surface area contributed by atoms with E-state index in [1.165, 1.54) is 17.4 Å². The summed E-state index contributed by atoms with van der Waals surface area (Å²) in [5.41, 5.74) is 4.39. The van der Waals surface area contributed by atoms with Crippen molar-refractivity contribution in [2.75, 3.05) is 0 Å². The first kappa shape index (κ1) is 12.4. The fraction of sp³-hybridized carbons (Fsp3) is 0.267. The number of carbonyl (C=O) groups is 1. The summed E-state index contributed by atoms with van der Waals surface area (Å²) in [6, 6.07) is 7.98. The highest BCUT2D eigenvalue weighted by atomic mass is 16.3. The van der Waals surface area contributed by atoms with E-state index in [2.05, 4.69) is 18.3 Å². The molecular formula is C15H17NO2. The van der Waals surface area contributed by atoms with Gasteiger partial charge in [-0.3, -0.25) is 4.79 Å². The van der Waals surface area contributed by atoms with Crippen LogP contribution in [0.25, 0.3) is 0 Å². The lowest BCUT2D eigenvalue weighted by molar-refractivity contribution is 0.0922. The molecule has 0 bridgehead atoms. The Balaban J connectivity index is 2.04. The minimum Gasteiger partial charge on any atom is -0.459 e. The van der Waals surface area contributed by atoms with Gasteiger partial charge >= 0.3 is 0 Å². The van der Waals surface area contributed by atoms with Crippen LogP contribution in [-0.4, -0.2) is 5.91 Å². The van der Waals surface area contributed by atoms with Crippen molar-refractivity contribution in [3.63, 3.8) is 0 Å². The van der Waals surface area contributed by atoms with Crippen molar-refractivity contribution in [2.45, 2.75) is 27.3 Å². The van der Waals surface area contributed by atoms with Gasteiger partial charge < -0.3 is 9.73 Å². The van der Waals surface area contributed by atoms with Crippen LogP contribution < -0.4 is 5.32 Å². The molecule has 0 aliphatic rings. The lowest BCUT2D eigenvalue weighted by atomic mass is 10.1. The van der Waals surface area contributed by atoms with E-state index in [0.717, 1.165) is 11.1 Å². The second-order valence-electron chi connectivity index (χ2n) is 4.55. The van der Waals surface area contributed by atoms with Gasteiger partial charge in [0.1, 0.15) is 0 Å². The summed E-state index contributed by atoms with van der Waals surface area (Å²) in [6.45, 7) is 6.48. The van der Waals surface area contributed by atoms with E-state index >= 15 is 0 Å². The van der Waals surface area contributed by atoms with Crippen LogP contribution in [0.1, 0.15) is 32.8 Å². The van der Waals surface area contributed by atoms with Gasteiger partial charge in [0.05, 0.1) is 6.26 Å². The van der Waals surface area contributed by atoms with Gasteiger partial charge in [-0.1, -0.05) is 23.8 Å². The molecule has 0 aliphatic carbocycles. The van der Waals surface area contributed by atoms with E-state index in [1.54, 1.807) is 6.07 Å². The highest BCUT2D eigenvalue weighted by Gasteiger charge is 2.12. The summed E-state index contributed by atoms with van der Waals surface area (Å²) >= 11 is 0. The van der Waals surface area contributed by atoms with Gasteiger partial charge in [0.2, 0.25) is 0 Å². The van der Waals surface area contributed by atoms with Crippen LogP contribution in [0.15, 0.2) is 34.9 Å². The standard InChI is InChI=1S/C15H17NO2/c1-10-4-5-13(12(3)8-10)9-16-15(17)14-11(2)6-7-18-14/h4-8H,9H2,1-3H3,(H,16,17). The number of carbonyl (C=O) groups excluding carboxylic acids is 1. The molecule has 0 saturated heterocycles. The summed E-state index contributed by atoms with van der Waals surface area (Å²) in [4.78, 5) is 11.9. The number of rotatable bonds is 3. The van der Waals surface area contributed by atoms with Crippen LogP contribution in [0.4, 0.5) is 0 Å². The predicted octanol–water partition coefficient (Wildman–Crippen LogP) is 3.13. The predicted molar refractivity (Wildman–Crippen MR) is 70.5 cm³/mol. The van der Waals surface area contributed by atoms with Crippen molar-refractivity contribution < 1.29 is 9.21 Å². The molecule has 1 aromatic carbocycles. The summed E-state index contributed by atoms with van der Waals surface area (Å²) in [6.07, 6.45) is 1.53. The molecule has 1 N–H and O–H groups in total. The molecule has 0 saturated carbocycles. The molecule has 0 unspecified atom stereocenters. The van der Waals surface area contributed by atoms with Crippen LogP contribution in [0.5, 0.6) is 0 Å². The Kier molecular flexibility index (Phi) is 3.51. The van der Waals surface area contributed by atoms with Crippen LogP contribution in [0, 0.1) is 20.8 Å². The van der Waals surface area contributed by atoms with Crippen molar-refractivity contribution in [2.24, 2.45) is 0 Å². The Morgan fingerprint density at radius 1 is 1.17 bits per heavy atom. The first-order valence-corrected chi connectivity index (χ1v) is 5.96. The van der Waals surface area contributed by atoms with Crippen molar-refractivity contribution >= 4 is 5.91 Å². The molecule has 18 heavy (non-hydrogen) atoms. The molecular weight excluding hydrogens is 226 g/mol. The second kappa shape index (κ2) is 5.08. The van der Waals surface area contributed by atoms with Gasteiger partial charge in [-0.05, 0) is 38.0 Å². The number of amides is 1. The number of nitrogens with one attached hydrogen (secondary N) is 1. The molecule has 0 atom stereocenters. The molecule has 3 heteroatoms. The monoisotopic (exact) mass is 243 g/mol. The van der Waals surface area contributed by atoms with Crippen LogP contribution in [-0.2, 0) is 6.54 Å². The average molecular weight is 243 g/mol. The third-order valence-electron chi connectivity index (χ3n) is 3.01. The fourth-order valence-corrected chi connectivity index (χ4v) is 1.91. The van der Waals surface area contributed by atoms with Crippen molar-refractivity contribution in [3.8, 4) is 0 Å². The third kappa shape index (κ3) is 2.62. The molecule has 2 aromatic rings. The second-order valence-corrected chi connectivity index (χ2v) is 4.55. The van der Waals surface area contributed by atoms with Gasteiger partial charge in [0, 0.05) is 12.1 Å². The van der Waals surface area contributed by atoms with E-state index in [1.807, 2.05) is 26.0 Å². The molecule has 1 heterocycles. The van der Waals surface area contributed by atoms with Gasteiger partial charge in [0.25, 0.3) is 5.91 Å². The van der Waals surface area contributed by atoms with Crippen LogP contribution >= 0.6 is 0 Å². The molecule has 94 valence electrons. The zero-order valence-electron chi connectivity index (χ0n) is 10.9. The Morgan fingerprint density at radius 2 is 1.94 bits per heavy atom. The molecule has 3 nitrogen and oxygen atoms in total. The van der Waals surface area contributed by atoms with Gasteiger partial charge in [-0.15, -0.1) is 0 Å². The lowest BCUT2D eigenvalue weighted by Gasteiger charge is -2.08. The molecule has 1 aromatic heterocycles. The van der Waals surface area contributed by atoms with E-state index in [4.69, 9.17) is 4.42 Å². The molecule has 0 radical (unpaired) electrons. The smallest absolute Gasteiger partial charge is 0.287 e. The van der Waals surface area contributed by atoms with Crippen molar-refractivity contribution in [1.29, 1.82) is 0 Å². The van der Waals surface area contributed by atoms with Gasteiger partial charge in [-0.25, -0.2) is 0 Å². The molecule has 0 spiro atoms. The number of aryl methyl sites for hydroxylation is 3. The average Bonchev–Trinajstić information content (AvgIpc) is 2.74. The zero-order valence-corrected chi connectivity index (χ0v) is 10.9. The van der Waals surface area contributed by atoms with E-state index in [0.29, 0.717) is 12.3 Å². The Bertz CT molecular complexity index is 570. The summed E-state index contributed by atoms with van der Waals surface area (Å²) in [5, 5.41) is 2.87. The highest BCUT2D eigenvalue weighted by molar-refractivity contribution is 5.92. The molecule has 0 aliphatic heterocycles. The van der Waals surface area contributed by atoms with Gasteiger partial charge in [0.15, 0.2) is 5.76 Å². The largest absolute Gasteiger partial charge is 0.459 e. The van der Waals surface area contributed by atoms with Crippen molar-refractivity contribution in [1.82, 2.24) is 5.32 Å².